The van der Waals surface area contributed by atoms with E-state index >= 15 is 0 Å². The van der Waals surface area contributed by atoms with E-state index in [2.05, 4.69) is 29.6 Å². The number of nitrogens with one attached hydrogen (secondary N) is 1. The number of benzene rings is 1. The van der Waals surface area contributed by atoms with Crippen molar-refractivity contribution in [3.8, 4) is 5.75 Å². The molecule has 1 aromatic carbocycles. The number of rotatable bonds is 4. The maximum Gasteiger partial charge on any atom is 0.118 e. The molecule has 1 aliphatic rings. The molecule has 0 aromatic heterocycles. The molecule has 0 saturated carbocycles. The fourth-order valence-electron chi connectivity index (χ4n) is 2.54. The van der Waals surface area contributed by atoms with Crippen molar-refractivity contribution in [2.75, 3.05) is 20.2 Å². The monoisotopic (exact) mass is 233 g/mol. The Balaban J connectivity index is 1.79. The SMILES string of the molecule is COc1ccc(CCC2CCCNCC2)cc1. The van der Waals surface area contributed by atoms with Gasteiger partial charge in [0, 0.05) is 0 Å². The van der Waals surface area contributed by atoms with Gasteiger partial charge in [-0.25, -0.2) is 0 Å². The first-order valence-corrected chi connectivity index (χ1v) is 6.72. The van der Waals surface area contributed by atoms with E-state index in [9.17, 15) is 0 Å². The van der Waals surface area contributed by atoms with Crippen LogP contribution in [-0.4, -0.2) is 20.2 Å². The Morgan fingerprint density at radius 1 is 1.18 bits per heavy atom. The molecule has 2 nitrogen and oxygen atoms in total. The van der Waals surface area contributed by atoms with E-state index in [4.69, 9.17) is 4.74 Å². The third-order valence-electron chi connectivity index (χ3n) is 3.70. The van der Waals surface area contributed by atoms with Crippen LogP contribution < -0.4 is 10.1 Å². The van der Waals surface area contributed by atoms with Crippen LogP contribution in [0.2, 0.25) is 0 Å². The highest BCUT2D eigenvalue weighted by Crippen LogP contribution is 2.21. The van der Waals surface area contributed by atoms with E-state index in [0.717, 1.165) is 11.7 Å². The Morgan fingerprint density at radius 3 is 2.76 bits per heavy atom. The average molecular weight is 233 g/mol. The molecule has 1 unspecified atom stereocenters. The van der Waals surface area contributed by atoms with Crippen molar-refractivity contribution < 1.29 is 4.74 Å². The summed E-state index contributed by atoms with van der Waals surface area (Å²) in [6.45, 7) is 2.41. The van der Waals surface area contributed by atoms with Crippen molar-refractivity contribution in [2.24, 2.45) is 5.92 Å². The predicted molar refractivity (Wildman–Crippen MR) is 71.5 cm³/mol. The van der Waals surface area contributed by atoms with Gasteiger partial charge in [0.05, 0.1) is 7.11 Å². The summed E-state index contributed by atoms with van der Waals surface area (Å²) in [5, 5.41) is 3.47. The molecule has 1 saturated heterocycles. The van der Waals surface area contributed by atoms with E-state index in [1.165, 1.54) is 50.8 Å². The second-order valence-electron chi connectivity index (χ2n) is 4.93. The van der Waals surface area contributed by atoms with Crippen LogP contribution in [0.5, 0.6) is 5.75 Å². The number of aryl methyl sites for hydroxylation is 1. The van der Waals surface area contributed by atoms with Gasteiger partial charge in [-0.15, -0.1) is 0 Å². The third-order valence-corrected chi connectivity index (χ3v) is 3.70. The summed E-state index contributed by atoms with van der Waals surface area (Å²) in [5.41, 5.74) is 1.43. The zero-order valence-corrected chi connectivity index (χ0v) is 10.7. The molecule has 0 spiro atoms. The van der Waals surface area contributed by atoms with Crippen molar-refractivity contribution in [3.63, 3.8) is 0 Å². The molecule has 1 aliphatic heterocycles. The standard InChI is InChI=1S/C15H23NO/c1-17-15-8-6-14(7-9-15)5-4-13-3-2-11-16-12-10-13/h6-9,13,16H,2-5,10-12H2,1H3. The van der Waals surface area contributed by atoms with Gasteiger partial charge in [-0.05, 0) is 68.8 Å². The van der Waals surface area contributed by atoms with Gasteiger partial charge >= 0.3 is 0 Å². The third kappa shape index (κ3) is 4.04. The minimum Gasteiger partial charge on any atom is -0.497 e. The van der Waals surface area contributed by atoms with E-state index in [1.54, 1.807) is 7.11 Å². The minimum atomic E-state index is 0.909. The Bertz CT molecular complexity index is 312. The van der Waals surface area contributed by atoms with Gasteiger partial charge in [0.25, 0.3) is 0 Å². The zero-order valence-electron chi connectivity index (χ0n) is 10.7. The normalized spacial score (nSPS) is 20.9. The molecule has 1 atom stereocenters. The second-order valence-corrected chi connectivity index (χ2v) is 4.93. The number of methoxy groups -OCH3 is 1. The van der Waals surface area contributed by atoms with Crippen molar-refractivity contribution in [1.29, 1.82) is 0 Å². The van der Waals surface area contributed by atoms with Crippen molar-refractivity contribution in [1.82, 2.24) is 5.32 Å². The minimum absolute atomic E-state index is 0.909. The molecule has 0 bridgehead atoms. The maximum atomic E-state index is 5.17. The Morgan fingerprint density at radius 2 is 2.00 bits per heavy atom. The lowest BCUT2D eigenvalue weighted by molar-refractivity contribution is 0.414. The molecule has 1 N–H and O–H groups in total. The maximum absolute atomic E-state index is 5.17. The van der Waals surface area contributed by atoms with Gasteiger partial charge in [-0.2, -0.15) is 0 Å². The zero-order chi connectivity index (χ0) is 11.9. The number of hydrogen-bond donors (Lipinski definition) is 1. The number of ether oxygens (including phenoxy) is 1. The summed E-state index contributed by atoms with van der Waals surface area (Å²) in [6.07, 6.45) is 6.61. The number of hydrogen-bond acceptors (Lipinski definition) is 2. The summed E-state index contributed by atoms with van der Waals surface area (Å²) < 4.78 is 5.17. The molecule has 17 heavy (non-hydrogen) atoms. The molecular formula is C15H23NO. The molecular weight excluding hydrogens is 210 g/mol. The summed E-state index contributed by atoms with van der Waals surface area (Å²) in [5.74, 6) is 1.86. The lowest BCUT2D eigenvalue weighted by Gasteiger charge is -2.13. The van der Waals surface area contributed by atoms with E-state index in [1.807, 2.05) is 0 Å². The second kappa shape index (κ2) is 6.65. The first-order chi connectivity index (χ1) is 8.38. The highest BCUT2D eigenvalue weighted by atomic mass is 16.5. The molecule has 0 radical (unpaired) electrons. The summed E-state index contributed by atoms with van der Waals surface area (Å²) in [7, 11) is 1.72. The topological polar surface area (TPSA) is 21.3 Å². The van der Waals surface area contributed by atoms with Gasteiger partial charge in [0.15, 0.2) is 0 Å². The first-order valence-electron chi connectivity index (χ1n) is 6.72. The Kier molecular flexibility index (Phi) is 4.87. The summed E-state index contributed by atoms with van der Waals surface area (Å²) in [6, 6.07) is 8.50. The molecule has 0 aliphatic carbocycles. The fourth-order valence-corrected chi connectivity index (χ4v) is 2.54. The molecule has 1 fully saturated rings. The van der Waals surface area contributed by atoms with Crippen LogP contribution in [0.25, 0.3) is 0 Å². The molecule has 1 aromatic rings. The molecule has 94 valence electrons. The van der Waals surface area contributed by atoms with Gasteiger partial charge < -0.3 is 10.1 Å². The van der Waals surface area contributed by atoms with Gasteiger partial charge in [-0.3, -0.25) is 0 Å². The lowest BCUT2D eigenvalue weighted by atomic mass is 9.93. The van der Waals surface area contributed by atoms with Gasteiger partial charge in [0.1, 0.15) is 5.75 Å². The Labute approximate surface area is 104 Å². The molecule has 0 amide bonds. The smallest absolute Gasteiger partial charge is 0.118 e. The van der Waals surface area contributed by atoms with E-state index in [0.29, 0.717) is 0 Å². The van der Waals surface area contributed by atoms with Crippen LogP contribution in [0.15, 0.2) is 24.3 Å². The van der Waals surface area contributed by atoms with Crippen LogP contribution >= 0.6 is 0 Å². The predicted octanol–water partition coefficient (Wildman–Crippen LogP) is 3.02. The van der Waals surface area contributed by atoms with Gasteiger partial charge in [0.2, 0.25) is 0 Å². The van der Waals surface area contributed by atoms with Crippen LogP contribution in [-0.2, 0) is 6.42 Å². The van der Waals surface area contributed by atoms with Crippen LogP contribution in [0.3, 0.4) is 0 Å². The van der Waals surface area contributed by atoms with Crippen molar-refractivity contribution in [3.05, 3.63) is 29.8 Å². The fraction of sp³-hybridized carbons (Fsp3) is 0.600. The van der Waals surface area contributed by atoms with E-state index < -0.39 is 0 Å². The highest BCUT2D eigenvalue weighted by molar-refractivity contribution is 5.27. The van der Waals surface area contributed by atoms with Crippen molar-refractivity contribution in [2.45, 2.75) is 32.1 Å². The Hall–Kier alpha value is -1.02. The lowest BCUT2D eigenvalue weighted by Crippen LogP contribution is -2.14. The summed E-state index contributed by atoms with van der Waals surface area (Å²) in [4.78, 5) is 0. The largest absolute Gasteiger partial charge is 0.497 e. The molecule has 2 heteroatoms. The highest BCUT2D eigenvalue weighted by Gasteiger charge is 2.11. The van der Waals surface area contributed by atoms with Crippen LogP contribution in [0, 0.1) is 5.92 Å². The van der Waals surface area contributed by atoms with E-state index in [-0.39, 0.29) is 0 Å². The molecule has 2 rings (SSSR count). The average Bonchev–Trinajstić information content (AvgIpc) is 2.65. The quantitative estimate of drug-likeness (QED) is 0.863. The van der Waals surface area contributed by atoms with Crippen molar-refractivity contribution >= 4 is 0 Å². The van der Waals surface area contributed by atoms with Crippen LogP contribution in [0.4, 0.5) is 0 Å². The molecule has 1 heterocycles. The first kappa shape index (κ1) is 12.4. The van der Waals surface area contributed by atoms with Crippen LogP contribution in [0.1, 0.15) is 31.2 Å². The summed E-state index contributed by atoms with van der Waals surface area (Å²) >= 11 is 0. The van der Waals surface area contributed by atoms with Gasteiger partial charge in [-0.1, -0.05) is 12.1 Å².